The van der Waals surface area contributed by atoms with Crippen molar-refractivity contribution in [3.05, 3.63) is 65.6 Å². The average Bonchev–Trinajstić information content (AvgIpc) is 3.59. The van der Waals surface area contributed by atoms with E-state index in [4.69, 9.17) is 4.74 Å². The number of aromatic nitrogens is 3. The van der Waals surface area contributed by atoms with Crippen LogP contribution in [0.15, 0.2) is 59.4 Å². The summed E-state index contributed by atoms with van der Waals surface area (Å²) in [5.41, 5.74) is 5.01. The molecule has 2 saturated heterocycles. The Morgan fingerprint density at radius 2 is 2.00 bits per heavy atom. The smallest absolute Gasteiger partial charge is 0.276 e. The summed E-state index contributed by atoms with van der Waals surface area (Å²) in [6.07, 6.45) is 8.14. The van der Waals surface area contributed by atoms with E-state index in [1.807, 2.05) is 36.5 Å². The number of morpholine rings is 1. The summed E-state index contributed by atoms with van der Waals surface area (Å²) in [6, 6.07) is 9.79. The van der Waals surface area contributed by atoms with Crippen LogP contribution in [0.2, 0.25) is 0 Å². The Hall–Kier alpha value is -3.82. The van der Waals surface area contributed by atoms with Crippen molar-refractivity contribution in [3.8, 4) is 0 Å². The van der Waals surface area contributed by atoms with Gasteiger partial charge in [0.1, 0.15) is 5.82 Å². The molecular formula is C28H33N7O2. The van der Waals surface area contributed by atoms with Crippen LogP contribution in [0.4, 0.5) is 11.5 Å². The highest BCUT2D eigenvalue weighted by Gasteiger charge is 2.17. The predicted octanol–water partition coefficient (Wildman–Crippen LogP) is 4.13. The molecule has 5 rings (SSSR count). The maximum Gasteiger partial charge on any atom is 0.276 e. The van der Waals surface area contributed by atoms with E-state index in [-0.39, 0.29) is 5.91 Å². The first-order valence-electron chi connectivity index (χ1n) is 12.7. The Kier molecular flexibility index (Phi) is 7.72. The third kappa shape index (κ3) is 5.95. The van der Waals surface area contributed by atoms with Crippen LogP contribution < -0.4 is 10.2 Å². The number of carbonyl (C=O) groups is 1. The molecule has 1 aromatic carbocycles. The summed E-state index contributed by atoms with van der Waals surface area (Å²) < 4.78 is 5.40. The van der Waals surface area contributed by atoms with Crippen molar-refractivity contribution in [3.63, 3.8) is 0 Å². The molecule has 0 saturated carbocycles. The van der Waals surface area contributed by atoms with Crippen LogP contribution in [-0.4, -0.2) is 78.6 Å². The number of anilines is 2. The van der Waals surface area contributed by atoms with Crippen LogP contribution in [-0.2, 0) is 4.74 Å². The zero-order valence-electron chi connectivity index (χ0n) is 21.2. The Morgan fingerprint density at radius 1 is 1.19 bits per heavy atom. The molecular weight excluding hydrogens is 466 g/mol. The number of ether oxygens (including phenoxy) is 1. The number of benzene rings is 1. The lowest BCUT2D eigenvalue weighted by atomic mass is 10.0. The molecule has 2 aromatic heterocycles. The van der Waals surface area contributed by atoms with Crippen LogP contribution >= 0.6 is 0 Å². The molecule has 1 amide bonds. The van der Waals surface area contributed by atoms with Gasteiger partial charge in [-0.1, -0.05) is 12.1 Å². The fourth-order valence-corrected chi connectivity index (χ4v) is 4.86. The minimum Gasteiger partial charge on any atom is -0.378 e. The van der Waals surface area contributed by atoms with Gasteiger partial charge in [-0.3, -0.25) is 19.8 Å². The molecule has 37 heavy (non-hydrogen) atoms. The number of nitrogens with one attached hydrogen (secondary N) is 2. The molecule has 4 heterocycles. The molecule has 9 nitrogen and oxygen atoms in total. The summed E-state index contributed by atoms with van der Waals surface area (Å²) in [6.45, 7) is 11.8. The van der Waals surface area contributed by atoms with Gasteiger partial charge in [0.05, 0.1) is 30.6 Å². The Balaban J connectivity index is 1.32. The van der Waals surface area contributed by atoms with Crippen molar-refractivity contribution in [2.45, 2.75) is 19.8 Å². The Labute approximate surface area is 216 Å². The lowest BCUT2D eigenvalue weighted by Gasteiger charge is -2.27. The second-order valence-electron chi connectivity index (χ2n) is 9.49. The summed E-state index contributed by atoms with van der Waals surface area (Å²) in [4.78, 5) is 26.2. The van der Waals surface area contributed by atoms with Gasteiger partial charge in [-0.2, -0.15) is 5.10 Å². The van der Waals surface area contributed by atoms with Crippen molar-refractivity contribution in [1.29, 1.82) is 0 Å². The van der Waals surface area contributed by atoms with E-state index in [1.54, 1.807) is 6.20 Å². The van der Waals surface area contributed by atoms with Crippen molar-refractivity contribution in [1.82, 2.24) is 20.1 Å². The lowest BCUT2D eigenvalue weighted by molar-refractivity contribution is 0.102. The first-order valence-corrected chi connectivity index (χ1v) is 12.7. The monoisotopic (exact) mass is 499 g/mol. The third-order valence-corrected chi connectivity index (χ3v) is 6.84. The molecule has 2 fully saturated rings. The van der Waals surface area contributed by atoms with Gasteiger partial charge in [-0.15, -0.1) is 0 Å². The van der Waals surface area contributed by atoms with Gasteiger partial charge in [-0.25, -0.2) is 4.98 Å². The number of aliphatic imine (C=N–C) groups is 1. The molecule has 0 unspecified atom stereocenters. The molecule has 0 bridgehead atoms. The highest BCUT2D eigenvalue weighted by Crippen LogP contribution is 2.25. The van der Waals surface area contributed by atoms with E-state index in [1.165, 1.54) is 12.8 Å². The van der Waals surface area contributed by atoms with Crippen LogP contribution in [0, 0.1) is 0 Å². The van der Waals surface area contributed by atoms with E-state index in [0.717, 1.165) is 66.2 Å². The topological polar surface area (TPSA) is 98.7 Å². The minimum absolute atomic E-state index is 0.281. The van der Waals surface area contributed by atoms with Crippen molar-refractivity contribution in [2.24, 2.45) is 4.99 Å². The van der Waals surface area contributed by atoms with Crippen LogP contribution in [0.3, 0.4) is 0 Å². The fraction of sp³-hybridized carbons (Fsp3) is 0.357. The number of H-pyrrole nitrogens is 1. The normalized spacial score (nSPS) is 17.4. The van der Waals surface area contributed by atoms with Crippen molar-refractivity contribution < 1.29 is 9.53 Å². The molecule has 2 N–H and O–H groups in total. The molecule has 0 aliphatic carbocycles. The van der Waals surface area contributed by atoms with Gasteiger partial charge in [-0.05, 0) is 80.5 Å². The van der Waals surface area contributed by atoms with Gasteiger partial charge in [0.25, 0.3) is 5.91 Å². The molecule has 0 radical (unpaired) electrons. The minimum atomic E-state index is -0.281. The van der Waals surface area contributed by atoms with Gasteiger partial charge in [0.15, 0.2) is 5.69 Å². The van der Waals surface area contributed by atoms with Gasteiger partial charge in [0.2, 0.25) is 0 Å². The number of carbonyl (C=O) groups excluding carboxylic acids is 1. The number of allylic oxidation sites excluding steroid dienone is 1. The van der Waals surface area contributed by atoms with Crippen LogP contribution in [0.5, 0.6) is 0 Å². The number of likely N-dealkylation sites (tertiary alicyclic amines) is 1. The van der Waals surface area contributed by atoms with Crippen molar-refractivity contribution >= 4 is 40.6 Å². The highest BCUT2D eigenvalue weighted by atomic mass is 16.5. The van der Waals surface area contributed by atoms with E-state index in [2.05, 4.69) is 55.0 Å². The molecule has 0 spiro atoms. The number of fused-ring (bicyclic) bond motifs is 1. The molecule has 2 aliphatic rings. The number of amides is 1. The van der Waals surface area contributed by atoms with Gasteiger partial charge >= 0.3 is 0 Å². The number of pyridine rings is 1. The summed E-state index contributed by atoms with van der Waals surface area (Å²) in [5, 5.41) is 11.0. The summed E-state index contributed by atoms with van der Waals surface area (Å²) >= 11 is 0. The largest absolute Gasteiger partial charge is 0.378 e. The van der Waals surface area contributed by atoms with E-state index in [0.29, 0.717) is 24.6 Å². The SMILES string of the molecule is C=N/C=C(\C=C(/C)c1ccc2[nH]nc(C(=O)Nc3ccc(N4CCOCC4)nc3)c2c1)CN1CCCC1. The molecule has 0 atom stereocenters. The van der Waals surface area contributed by atoms with Gasteiger partial charge < -0.3 is 15.0 Å². The zero-order valence-corrected chi connectivity index (χ0v) is 21.2. The van der Waals surface area contributed by atoms with E-state index in [9.17, 15) is 4.79 Å². The predicted molar refractivity (Wildman–Crippen MR) is 148 cm³/mol. The van der Waals surface area contributed by atoms with E-state index < -0.39 is 0 Å². The molecule has 192 valence electrons. The second-order valence-corrected chi connectivity index (χ2v) is 9.49. The summed E-state index contributed by atoms with van der Waals surface area (Å²) in [7, 11) is 0. The number of nitrogens with zero attached hydrogens (tertiary/aromatic N) is 5. The average molecular weight is 500 g/mol. The Bertz CT molecular complexity index is 1310. The molecule has 3 aromatic rings. The third-order valence-electron chi connectivity index (χ3n) is 6.84. The van der Waals surface area contributed by atoms with Crippen LogP contribution in [0.1, 0.15) is 35.8 Å². The van der Waals surface area contributed by atoms with Crippen LogP contribution in [0.25, 0.3) is 16.5 Å². The number of aromatic amines is 1. The maximum absolute atomic E-state index is 13.1. The highest BCUT2D eigenvalue weighted by molar-refractivity contribution is 6.11. The number of hydrogen-bond acceptors (Lipinski definition) is 7. The Morgan fingerprint density at radius 3 is 2.73 bits per heavy atom. The van der Waals surface area contributed by atoms with E-state index >= 15 is 0 Å². The first-order chi connectivity index (χ1) is 18.1. The first kappa shape index (κ1) is 24.9. The van der Waals surface area contributed by atoms with Crippen molar-refractivity contribution in [2.75, 3.05) is 56.2 Å². The van der Waals surface area contributed by atoms with Gasteiger partial charge in [0, 0.05) is 31.2 Å². The zero-order chi connectivity index (χ0) is 25.6. The standard InChI is InChI=1S/C28H33N7O2/c1-20(15-21(17-29-2)19-34-9-3-4-10-34)22-5-7-25-24(16-22)27(33-32-25)28(36)31-23-6-8-26(30-18-23)35-11-13-37-14-12-35/h5-8,15-18H,2-4,9-14,19H2,1H3,(H,31,36)(H,32,33)/b20-15+,21-17+. The number of rotatable bonds is 8. The second kappa shape index (κ2) is 11.5. The maximum atomic E-state index is 13.1. The fourth-order valence-electron chi connectivity index (χ4n) is 4.86. The summed E-state index contributed by atoms with van der Waals surface area (Å²) in [5.74, 6) is 0.597. The quantitative estimate of drug-likeness (QED) is 0.357. The number of hydrogen-bond donors (Lipinski definition) is 2. The molecule has 2 aliphatic heterocycles. The molecule has 9 heteroatoms. The lowest BCUT2D eigenvalue weighted by Crippen LogP contribution is -2.36.